The van der Waals surface area contributed by atoms with Gasteiger partial charge in [-0.2, -0.15) is 0 Å². The van der Waals surface area contributed by atoms with Gasteiger partial charge in [0.25, 0.3) is 0 Å². The molecule has 7 nitrogen and oxygen atoms in total. The van der Waals surface area contributed by atoms with Crippen molar-refractivity contribution in [2.75, 3.05) is 6.54 Å². The highest BCUT2D eigenvalue weighted by molar-refractivity contribution is 5.76. The maximum atomic E-state index is 12.5. The molecule has 3 rings (SSSR count). The van der Waals surface area contributed by atoms with Gasteiger partial charge in [0.2, 0.25) is 5.91 Å². The first-order chi connectivity index (χ1) is 10.6. The van der Waals surface area contributed by atoms with Crippen molar-refractivity contribution in [2.45, 2.75) is 63.5 Å². The molecule has 0 bridgehead atoms. The topological polar surface area (TPSA) is 88.3 Å². The third kappa shape index (κ3) is 3.64. The molecule has 0 aromatic carbocycles. The van der Waals surface area contributed by atoms with Crippen LogP contribution in [0.5, 0.6) is 0 Å². The van der Waals surface area contributed by atoms with Gasteiger partial charge in [0.1, 0.15) is 6.54 Å². The summed E-state index contributed by atoms with van der Waals surface area (Å²) >= 11 is 0. The number of piperidine rings is 1. The number of carbonyl (C=O) groups excluding carboxylic acids is 1. The number of carboxylic acids is 1. The highest BCUT2D eigenvalue weighted by Crippen LogP contribution is 2.38. The first-order valence-corrected chi connectivity index (χ1v) is 8.05. The van der Waals surface area contributed by atoms with Gasteiger partial charge in [-0.1, -0.05) is 5.21 Å². The highest BCUT2D eigenvalue weighted by atomic mass is 16.4. The number of carbonyl (C=O) groups is 2. The Morgan fingerprint density at radius 2 is 2.09 bits per heavy atom. The van der Waals surface area contributed by atoms with Crippen LogP contribution in [0.2, 0.25) is 0 Å². The van der Waals surface area contributed by atoms with Gasteiger partial charge in [0.05, 0.1) is 5.69 Å². The molecule has 1 aromatic heterocycles. The van der Waals surface area contributed by atoms with Crippen LogP contribution in [-0.2, 0) is 16.1 Å². The summed E-state index contributed by atoms with van der Waals surface area (Å²) in [6.45, 7) is 0.913. The van der Waals surface area contributed by atoms with Crippen molar-refractivity contribution in [3.8, 4) is 0 Å². The second-order valence-electron chi connectivity index (χ2n) is 6.28. The van der Waals surface area contributed by atoms with Gasteiger partial charge < -0.3 is 10.0 Å². The zero-order valence-corrected chi connectivity index (χ0v) is 12.6. The van der Waals surface area contributed by atoms with Crippen LogP contribution in [0.15, 0.2) is 6.20 Å². The molecule has 1 saturated heterocycles. The normalized spacial score (nSPS) is 21.8. The van der Waals surface area contributed by atoms with Crippen molar-refractivity contribution in [3.05, 3.63) is 11.9 Å². The van der Waals surface area contributed by atoms with Crippen LogP contribution in [0.1, 0.15) is 56.6 Å². The van der Waals surface area contributed by atoms with E-state index < -0.39 is 5.97 Å². The Hall–Kier alpha value is -1.92. The number of rotatable bonds is 6. The predicted octanol–water partition coefficient (Wildman–Crippen LogP) is 1.40. The average molecular weight is 306 g/mol. The summed E-state index contributed by atoms with van der Waals surface area (Å²) in [6, 6.07) is 0.0452. The van der Waals surface area contributed by atoms with E-state index in [2.05, 4.69) is 10.3 Å². The Bertz CT molecular complexity index is 553. The molecule has 2 aliphatic rings. The maximum absolute atomic E-state index is 12.5. The lowest BCUT2D eigenvalue weighted by atomic mass is 9.98. The predicted molar refractivity (Wildman–Crippen MR) is 78.2 cm³/mol. The molecule has 120 valence electrons. The van der Waals surface area contributed by atoms with E-state index in [1.165, 1.54) is 0 Å². The number of hydrogen-bond donors (Lipinski definition) is 1. The molecule has 2 heterocycles. The van der Waals surface area contributed by atoms with Crippen molar-refractivity contribution in [2.24, 2.45) is 0 Å². The molecule has 1 saturated carbocycles. The zero-order chi connectivity index (χ0) is 15.5. The van der Waals surface area contributed by atoms with Crippen LogP contribution in [-0.4, -0.2) is 49.5 Å². The monoisotopic (exact) mass is 306 g/mol. The van der Waals surface area contributed by atoms with Gasteiger partial charge in [-0.25, -0.2) is 4.68 Å². The summed E-state index contributed by atoms with van der Waals surface area (Å²) in [5.74, 6) is -0.257. The molecular formula is C15H22N4O3. The number of carboxylic acid groups (broad SMARTS) is 1. The Balaban J connectivity index is 1.59. The molecule has 7 heteroatoms. The van der Waals surface area contributed by atoms with E-state index >= 15 is 0 Å². The van der Waals surface area contributed by atoms with E-state index in [4.69, 9.17) is 5.11 Å². The van der Waals surface area contributed by atoms with Crippen LogP contribution in [0.3, 0.4) is 0 Å². The molecule has 1 aromatic rings. The van der Waals surface area contributed by atoms with Gasteiger partial charge in [-0.15, -0.1) is 5.10 Å². The van der Waals surface area contributed by atoms with E-state index in [0.717, 1.165) is 37.8 Å². The highest BCUT2D eigenvalue weighted by Gasteiger charge is 2.29. The van der Waals surface area contributed by atoms with E-state index in [9.17, 15) is 9.59 Å². The first-order valence-electron chi connectivity index (χ1n) is 8.05. The summed E-state index contributed by atoms with van der Waals surface area (Å²) in [5, 5.41) is 17.0. The van der Waals surface area contributed by atoms with Gasteiger partial charge >= 0.3 is 5.97 Å². The largest absolute Gasteiger partial charge is 0.481 e. The van der Waals surface area contributed by atoms with Crippen LogP contribution < -0.4 is 0 Å². The fourth-order valence-electron chi connectivity index (χ4n) is 3.11. The van der Waals surface area contributed by atoms with E-state index in [1.807, 2.05) is 11.1 Å². The summed E-state index contributed by atoms with van der Waals surface area (Å²) in [7, 11) is 0. The number of nitrogens with zero attached hydrogens (tertiary/aromatic N) is 4. The smallest absolute Gasteiger partial charge is 0.303 e. The number of amides is 1. The summed E-state index contributed by atoms with van der Waals surface area (Å²) in [5.41, 5.74) is 0.980. The van der Waals surface area contributed by atoms with Crippen molar-refractivity contribution in [1.82, 2.24) is 19.9 Å². The molecule has 0 unspecified atom stereocenters. The van der Waals surface area contributed by atoms with Gasteiger partial charge in [0, 0.05) is 31.1 Å². The molecule has 2 fully saturated rings. The molecule has 1 amide bonds. The number of aliphatic carboxylic acids is 1. The van der Waals surface area contributed by atoms with Crippen LogP contribution in [0.25, 0.3) is 0 Å². The Labute approximate surface area is 129 Å². The number of hydrogen-bond acceptors (Lipinski definition) is 4. The van der Waals surface area contributed by atoms with E-state index in [-0.39, 0.29) is 24.9 Å². The summed E-state index contributed by atoms with van der Waals surface area (Å²) in [6.07, 6.45) is 7.78. The first kappa shape index (κ1) is 15.0. The minimum Gasteiger partial charge on any atom is -0.481 e. The molecular weight excluding hydrogens is 284 g/mol. The van der Waals surface area contributed by atoms with Gasteiger partial charge in [-0.3, -0.25) is 9.59 Å². The zero-order valence-electron chi connectivity index (χ0n) is 12.6. The lowest BCUT2D eigenvalue weighted by molar-refractivity contribution is -0.140. The lowest BCUT2D eigenvalue weighted by Gasteiger charge is -2.35. The lowest BCUT2D eigenvalue weighted by Crippen LogP contribution is -2.45. The van der Waals surface area contributed by atoms with Crippen molar-refractivity contribution in [3.63, 3.8) is 0 Å². The SMILES string of the molecule is O=C(O)CC[C@@H]1CCCCN1C(=O)Cn1cc(C2CC2)nn1. The second kappa shape index (κ2) is 6.46. The molecule has 1 aliphatic heterocycles. The maximum Gasteiger partial charge on any atom is 0.303 e. The molecule has 1 N–H and O–H groups in total. The fourth-order valence-corrected chi connectivity index (χ4v) is 3.11. The fraction of sp³-hybridized carbons (Fsp3) is 0.733. The molecule has 22 heavy (non-hydrogen) atoms. The number of likely N-dealkylation sites (tertiary alicyclic amines) is 1. The van der Waals surface area contributed by atoms with Crippen LogP contribution in [0.4, 0.5) is 0 Å². The standard InChI is InChI=1S/C15H22N4O3/c20-14(10-18-9-13(16-17-18)11-4-5-11)19-8-2-1-3-12(19)6-7-15(21)22/h9,11-12H,1-8,10H2,(H,21,22)/t12-/m0/s1. The Morgan fingerprint density at radius 1 is 1.27 bits per heavy atom. The third-order valence-electron chi connectivity index (χ3n) is 4.49. The third-order valence-corrected chi connectivity index (χ3v) is 4.49. The van der Waals surface area contributed by atoms with Crippen molar-refractivity contribution in [1.29, 1.82) is 0 Å². The molecule has 1 atom stereocenters. The molecule has 0 radical (unpaired) electrons. The summed E-state index contributed by atoms with van der Waals surface area (Å²) in [4.78, 5) is 25.1. The quantitative estimate of drug-likeness (QED) is 0.858. The van der Waals surface area contributed by atoms with Gasteiger partial charge in [-0.05, 0) is 38.5 Å². The van der Waals surface area contributed by atoms with Crippen molar-refractivity contribution >= 4 is 11.9 Å². The van der Waals surface area contributed by atoms with Gasteiger partial charge in [0.15, 0.2) is 0 Å². The van der Waals surface area contributed by atoms with Crippen LogP contribution in [0, 0.1) is 0 Å². The summed E-state index contributed by atoms with van der Waals surface area (Å²) < 4.78 is 1.61. The van der Waals surface area contributed by atoms with E-state index in [1.54, 1.807) is 4.68 Å². The average Bonchev–Trinajstić information content (AvgIpc) is 3.26. The molecule has 0 spiro atoms. The Kier molecular flexibility index (Phi) is 4.40. The Morgan fingerprint density at radius 3 is 2.82 bits per heavy atom. The number of aromatic nitrogens is 3. The second-order valence-corrected chi connectivity index (χ2v) is 6.28. The minimum atomic E-state index is -0.802. The van der Waals surface area contributed by atoms with Crippen LogP contribution >= 0.6 is 0 Å². The molecule has 1 aliphatic carbocycles. The minimum absolute atomic E-state index is 0.0161. The van der Waals surface area contributed by atoms with E-state index in [0.29, 0.717) is 18.9 Å². The van der Waals surface area contributed by atoms with Crippen molar-refractivity contribution < 1.29 is 14.7 Å².